The zero-order chi connectivity index (χ0) is 16.1. The Kier molecular flexibility index (Phi) is 5.24. The van der Waals surface area contributed by atoms with Gasteiger partial charge in [0.2, 0.25) is 6.41 Å². The molecular weight excluding hydrogens is 328 g/mol. The highest BCUT2D eigenvalue weighted by atomic mass is 35.5. The Morgan fingerprint density at radius 1 is 1.36 bits per heavy atom. The van der Waals surface area contributed by atoms with Gasteiger partial charge in [0.1, 0.15) is 10.6 Å². The van der Waals surface area contributed by atoms with E-state index < -0.39 is 4.92 Å². The smallest absolute Gasteiger partial charge is 0.284 e. The molecule has 0 unspecified atom stereocenters. The topological polar surface area (TPSA) is 81.5 Å². The molecule has 114 valence electrons. The van der Waals surface area contributed by atoms with Gasteiger partial charge in [0, 0.05) is 11.0 Å². The molecule has 0 saturated heterocycles. The van der Waals surface area contributed by atoms with Gasteiger partial charge in [-0.1, -0.05) is 29.4 Å². The largest absolute Gasteiger partial charge is 0.497 e. The first kappa shape index (κ1) is 16.1. The lowest BCUT2D eigenvalue weighted by atomic mass is 10.3. The monoisotopic (exact) mass is 338 g/mol. The van der Waals surface area contributed by atoms with Gasteiger partial charge in [0.25, 0.3) is 5.69 Å². The van der Waals surface area contributed by atoms with E-state index in [0.29, 0.717) is 27.6 Å². The normalized spacial score (nSPS) is 10.1. The Hall–Kier alpha value is -2.25. The molecule has 22 heavy (non-hydrogen) atoms. The van der Waals surface area contributed by atoms with Crippen LogP contribution in [0.15, 0.2) is 46.2 Å². The van der Waals surface area contributed by atoms with Crippen LogP contribution in [0.1, 0.15) is 0 Å². The molecule has 0 fully saturated rings. The maximum Gasteiger partial charge on any atom is 0.284 e. The van der Waals surface area contributed by atoms with Gasteiger partial charge < -0.3 is 10.1 Å². The lowest BCUT2D eigenvalue weighted by Gasteiger charge is -2.11. The van der Waals surface area contributed by atoms with E-state index >= 15 is 0 Å². The number of nitrogens with zero attached hydrogens (tertiary/aromatic N) is 1. The number of methoxy groups -OCH3 is 1. The standard InChI is InChI=1S/C14H11ClN2O4S/c1-21-9-5-6-11(16-8-18)13(7-9)22-14-10(15)3-2-4-12(14)17(19)20/h2-8H,1H3,(H,16,18). The van der Waals surface area contributed by atoms with Crippen molar-refractivity contribution in [2.45, 2.75) is 9.79 Å². The summed E-state index contributed by atoms with van der Waals surface area (Å²) < 4.78 is 5.14. The molecule has 0 spiro atoms. The summed E-state index contributed by atoms with van der Waals surface area (Å²) in [5.74, 6) is 0.564. The molecule has 0 aromatic heterocycles. The van der Waals surface area contributed by atoms with E-state index in [2.05, 4.69) is 5.32 Å². The Morgan fingerprint density at radius 3 is 2.77 bits per heavy atom. The van der Waals surface area contributed by atoms with Crippen molar-refractivity contribution >= 4 is 41.1 Å². The molecule has 0 bridgehead atoms. The molecule has 8 heteroatoms. The number of carbonyl (C=O) groups excluding carboxylic acids is 1. The first-order chi connectivity index (χ1) is 10.6. The maximum atomic E-state index is 11.1. The SMILES string of the molecule is COc1ccc(NC=O)c(Sc2c(Cl)cccc2[N+](=O)[O-])c1. The second-order valence-electron chi connectivity index (χ2n) is 4.07. The van der Waals surface area contributed by atoms with Gasteiger partial charge in [-0.2, -0.15) is 0 Å². The van der Waals surface area contributed by atoms with Crippen molar-refractivity contribution in [1.82, 2.24) is 0 Å². The van der Waals surface area contributed by atoms with E-state index in [-0.39, 0.29) is 10.7 Å². The zero-order valence-corrected chi connectivity index (χ0v) is 13.0. The summed E-state index contributed by atoms with van der Waals surface area (Å²) in [7, 11) is 1.51. The van der Waals surface area contributed by atoms with Crippen LogP contribution in [-0.2, 0) is 4.79 Å². The van der Waals surface area contributed by atoms with Gasteiger partial charge in [0.15, 0.2) is 0 Å². The number of amides is 1. The molecule has 0 radical (unpaired) electrons. The van der Waals surface area contributed by atoms with E-state index in [1.165, 1.54) is 19.2 Å². The summed E-state index contributed by atoms with van der Waals surface area (Å²) in [6.45, 7) is 0. The molecule has 6 nitrogen and oxygen atoms in total. The van der Waals surface area contributed by atoms with Crippen LogP contribution < -0.4 is 10.1 Å². The molecule has 0 atom stereocenters. The molecule has 1 amide bonds. The van der Waals surface area contributed by atoms with Crippen LogP contribution in [0, 0.1) is 10.1 Å². The Labute approximate surface area is 135 Å². The molecule has 0 heterocycles. The fraction of sp³-hybridized carbons (Fsp3) is 0.0714. The van der Waals surface area contributed by atoms with E-state index in [0.717, 1.165) is 11.8 Å². The molecule has 0 saturated carbocycles. The van der Waals surface area contributed by atoms with Crippen molar-refractivity contribution in [1.29, 1.82) is 0 Å². The van der Waals surface area contributed by atoms with E-state index in [4.69, 9.17) is 16.3 Å². The Morgan fingerprint density at radius 2 is 2.14 bits per heavy atom. The fourth-order valence-electron chi connectivity index (χ4n) is 1.75. The number of halogens is 1. The summed E-state index contributed by atoms with van der Waals surface area (Å²) in [6.07, 6.45) is 0.535. The van der Waals surface area contributed by atoms with Gasteiger partial charge in [-0.15, -0.1) is 0 Å². The summed E-state index contributed by atoms with van der Waals surface area (Å²) in [4.78, 5) is 22.2. The van der Waals surface area contributed by atoms with Gasteiger partial charge in [-0.3, -0.25) is 14.9 Å². The third-order valence-electron chi connectivity index (χ3n) is 2.76. The Balaban J connectivity index is 2.50. The van der Waals surface area contributed by atoms with Crippen LogP contribution in [-0.4, -0.2) is 18.4 Å². The molecule has 0 aliphatic carbocycles. The van der Waals surface area contributed by atoms with Gasteiger partial charge in [-0.25, -0.2) is 0 Å². The van der Waals surface area contributed by atoms with Crippen molar-refractivity contribution in [3.05, 3.63) is 51.5 Å². The second-order valence-corrected chi connectivity index (χ2v) is 5.53. The molecular formula is C14H11ClN2O4S. The third kappa shape index (κ3) is 3.49. The first-order valence-electron chi connectivity index (χ1n) is 6.05. The van der Waals surface area contributed by atoms with Gasteiger partial charge in [0.05, 0.1) is 22.7 Å². The number of nitro benzene ring substituents is 1. The molecule has 1 N–H and O–H groups in total. The zero-order valence-electron chi connectivity index (χ0n) is 11.4. The molecule has 2 aromatic carbocycles. The number of nitro groups is 1. The lowest BCUT2D eigenvalue weighted by molar-refractivity contribution is -0.387. The van der Waals surface area contributed by atoms with Crippen LogP contribution in [0.3, 0.4) is 0 Å². The number of rotatable bonds is 6. The maximum absolute atomic E-state index is 11.1. The van der Waals surface area contributed by atoms with Gasteiger partial charge >= 0.3 is 0 Å². The first-order valence-corrected chi connectivity index (χ1v) is 7.25. The van der Waals surface area contributed by atoms with Crippen LogP contribution in [0.2, 0.25) is 5.02 Å². The highest BCUT2D eigenvalue weighted by Crippen LogP contribution is 2.43. The van der Waals surface area contributed by atoms with Crippen molar-refractivity contribution in [2.75, 3.05) is 12.4 Å². The molecule has 0 aliphatic rings. The number of ether oxygens (including phenoxy) is 1. The number of benzene rings is 2. The lowest BCUT2D eigenvalue weighted by Crippen LogP contribution is -1.97. The molecule has 0 aliphatic heterocycles. The Bertz CT molecular complexity index is 724. The molecule has 2 rings (SSSR count). The van der Waals surface area contributed by atoms with Crippen LogP contribution in [0.25, 0.3) is 0 Å². The number of hydrogen-bond donors (Lipinski definition) is 1. The second kappa shape index (κ2) is 7.15. The minimum Gasteiger partial charge on any atom is -0.497 e. The average molecular weight is 339 g/mol. The van der Waals surface area contributed by atoms with Crippen molar-refractivity contribution < 1.29 is 14.5 Å². The van der Waals surface area contributed by atoms with E-state index in [9.17, 15) is 14.9 Å². The molecule has 2 aromatic rings. The number of nitrogens with one attached hydrogen (secondary N) is 1. The highest BCUT2D eigenvalue weighted by Gasteiger charge is 2.19. The number of anilines is 1. The van der Waals surface area contributed by atoms with Crippen LogP contribution in [0.5, 0.6) is 5.75 Å². The predicted molar refractivity (Wildman–Crippen MR) is 84.9 cm³/mol. The minimum absolute atomic E-state index is 0.0997. The van der Waals surface area contributed by atoms with Crippen LogP contribution in [0.4, 0.5) is 11.4 Å². The summed E-state index contributed by atoms with van der Waals surface area (Å²) in [5, 5.41) is 13.9. The van der Waals surface area contributed by atoms with Crippen LogP contribution >= 0.6 is 23.4 Å². The fourth-order valence-corrected chi connectivity index (χ4v) is 3.08. The summed E-state index contributed by atoms with van der Waals surface area (Å²) in [6, 6.07) is 9.46. The van der Waals surface area contributed by atoms with E-state index in [1.54, 1.807) is 24.3 Å². The quantitative estimate of drug-likeness (QED) is 0.489. The predicted octanol–water partition coefficient (Wildman–Crippen LogP) is 3.98. The van der Waals surface area contributed by atoms with Crippen molar-refractivity contribution in [3.63, 3.8) is 0 Å². The summed E-state index contributed by atoms with van der Waals surface area (Å²) in [5.41, 5.74) is 0.410. The third-order valence-corrected chi connectivity index (χ3v) is 4.38. The van der Waals surface area contributed by atoms with E-state index in [1.807, 2.05) is 0 Å². The minimum atomic E-state index is -0.499. The number of carbonyl (C=O) groups is 1. The number of hydrogen-bond acceptors (Lipinski definition) is 5. The van der Waals surface area contributed by atoms with Crippen molar-refractivity contribution in [2.24, 2.45) is 0 Å². The highest BCUT2D eigenvalue weighted by molar-refractivity contribution is 7.99. The summed E-state index contributed by atoms with van der Waals surface area (Å²) >= 11 is 7.17. The van der Waals surface area contributed by atoms with Gasteiger partial charge in [-0.05, 0) is 24.3 Å². The van der Waals surface area contributed by atoms with Crippen molar-refractivity contribution in [3.8, 4) is 5.75 Å². The average Bonchev–Trinajstić information content (AvgIpc) is 2.50.